The van der Waals surface area contributed by atoms with Crippen LogP contribution in [0, 0.1) is 0 Å². The molecular weight excluding hydrogens is 274 g/mol. The van der Waals surface area contributed by atoms with Gasteiger partial charge in [-0.1, -0.05) is 75.0 Å². The largest absolute Gasteiger partial charge is 0.440 e. The maximum Gasteiger partial charge on any atom is 0.440 e. The highest BCUT2D eigenvalue weighted by Gasteiger charge is 2.19. The first-order valence-corrected chi connectivity index (χ1v) is 7.06. The molecule has 0 unspecified atom stereocenters. The third-order valence-corrected chi connectivity index (χ3v) is 3.50. The molecule has 0 aliphatic heterocycles. The van der Waals surface area contributed by atoms with E-state index in [1.807, 2.05) is 54.6 Å². The number of aryl methyl sites for hydroxylation is 1. The number of benzene rings is 2. The van der Waals surface area contributed by atoms with Crippen LogP contribution in [-0.4, -0.2) is 20.1 Å². The summed E-state index contributed by atoms with van der Waals surface area (Å²) < 4.78 is 1.77. The van der Waals surface area contributed by atoms with Gasteiger partial charge in [-0.2, -0.15) is 0 Å². The molecule has 0 atom stereocenters. The summed E-state index contributed by atoms with van der Waals surface area (Å²) in [4.78, 5) is 6.15. The summed E-state index contributed by atoms with van der Waals surface area (Å²) in [5.41, 5.74) is 4.00. The fourth-order valence-corrected chi connectivity index (χ4v) is 2.49. The van der Waals surface area contributed by atoms with Gasteiger partial charge in [0.25, 0.3) is 0 Å². The van der Waals surface area contributed by atoms with Gasteiger partial charge in [-0.3, -0.25) is 0 Å². The molecular formula is C17H14N5+. The summed E-state index contributed by atoms with van der Waals surface area (Å²) >= 11 is 0. The van der Waals surface area contributed by atoms with E-state index in [2.05, 4.69) is 27.4 Å². The second-order valence-electron chi connectivity index (χ2n) is 5.05. The Labute approximate surface area is 127 Å². The summed E-state index contributed by atoms with van der Waals surface area (Å²) in [5.74, 6) is 0.586. The molecule has 0 saturated heterocycles. The summed E-state index contributed by atoms with van der Waals surface area (Å²) in [5, 5.41) is 8.73. The monoisotopic (exact) mass is 288 g/mol. The van der Waals surface area contributed by atoms with Crippen LogP contribution in [0.15, 0.2) is 66.7 Å². The van der Waals surface area contributed by atoms with E-state index in [-0.39, 0.29) is 0 Å². The fourth-order valence-electron chi connectivity index (χ4n) is 2.49. The van der Waals surface area contributed by atoms with Crippen LogP contribution < -0.4 is 4.52 Å². The lowest BCUT2D eigenvalue weighted by atomic mass is 10.1. The van der Waals surface area contributed by atoms with Crippen LogP contribution in [0.25, 0.3) is 28.3 Å². The minimum atomic E-state index is 0.586. The number of nitrogens with zero attached hydrogens (tertiary/aromatic N) is 5. The molecule has 2 heterocycles. The first-order chi connectivity index (χ1) is 10.8. The Morgan fingerprint density at radius 3 is 2.18 bits per heavy atom. The molecule has 0 fully saturated rings. The van der Waals surface area contributed by atoms with Crippen LogP contribution in [0.2, 0.25) is 0 Å². The van der Waals surface area contributed by atoms with Gasteiger partial charge in [0.05, 0.1) is 5.10 Å². The van der Waals surface area contributed by atoms with Gasteiger partial charge < -0.3 is 0 Å². The molecule has 4 aromatic rings. The van der Waals surface area contributed by atoms with Crippen molar-refractivity contribution >= 4 is 5.78 Å². The van der Waals surface area contributed by atoms with Gasteiger partial charge in [0.15, 0.2) is 0 Å². The van der Waals surface area contributed by atoms with Crippen molar-refractivity contribution < 1.29 is 4.52 Å². The second kappa shape index (κ2) is 5.04. The van der Waals surface area contributed by atoms with Gasteiger partial charge in [-0.05, 0) is 0 Å². The summed E-state index contributed by atoms with van der Waals surface area (Å²) in [6, 6.07) is 22.3. The highest BCUT2D eigenvalue weighted by atomic mass is 15.6. The molecule has 5 nitrogen and oxygen atoms in total. The fraction of sp³-hybridized carbons (Fsp3) is 0.0588. The molecule has 0 saturated carbocycles. The molecule has 0 N–H and O–H groups in total. The Kier molecular flexibility index (Phi) is 2.89. The van der Waals surface area contributed by atoms with E-state index in [0.29, 0.717) is 5.78 Å². The maximum atomic E-state index is 4.62. The van der Waals surface area contributed by atoms with Crippen molar-refractivity contribution in [3.05, 3.63) is 66.7 Å². The molecule has 0 bridgehead atoms. The van der Waals surface area contributed by atoms with Gasteiger partial charge in [0.1, 0.15) is 18.4 Å². The topological polar surface area (TPSA) is 47.7 Å². The number of tetrazole rings is 1. The SMILES string of the molecule is Cn1nc2nc(-c3ccccc3)cc(-c3ccccc3)[n+]2n1. The van der Waals surface area contributed by atoms with Crippen LogP contribution in [0.1, 0.15) is 0 Å². The highest BCUT2D eigenvalue weighted by molar-refractivity contribution is 5.66. The van der Waals surface area contributed by atoms with Crippen molar-refractivity contribution in [2.45, 2.75) is 0 Å². The zero-order valence-corrected chi connectivity index (χ0v) is 12.1. The van der Waals surface area contributed by atoms with Crippen molar-refractivity contribution in [1.82, 2.24) is 20.1 Å². The van der Waals surface area contributed by atoms with Crippen LogP contribution in [0.4, 0.5) is 0 Å². The number of rotatable bonds is 2. The van der Waals surface area contributed by atoms with Crippen molar-refractivity contribution in [2.24, 2.45) is 7.05 Å². The third-order valence-electron chi connectivity index (χ3n) is 3.50. The van der Waals surface area contributed by atoms with E-state index in [9.17, 15) is 0 Å². The lowest BCUT2D eigenvalue weighted by Gasteiger charge is -2.02. The zero-order valence-electron chi connectivity index (χ0n) is 12.1. The number of hydrogen-bond acceptors (Lipinski definition) is 3. The Bertz CT molecular complexity index is 929. The van der Waals surface area contributed by atoms with Crippen molar-refractivity contribution in [3.63, 3.8) is 0 Å². The lowest BCUT2D eigenvalue weighted by Crippen LogP contribution is -2.29. The van der Waals surface area contributed by atoms with E-state index < -0.39 is 0 Å². The standard InChI is InChI=1S/C17H14N5/c1-21-19-17-18-15(13-8-4-2-5-9-13)12-16(22(17)20-21)14-10-6-3-7-11-14/h2-12H,1H3/q+1. The molecule has 4 rings (SSSR count). The quantitative estimate of drug-likeness (QED) is 0.532. The molecule has 5 heteroatoms. The molecule has 0 spiro atoms. The van der Waals surface area contributed by atoms with Gasteiger partial charge in [-0.15, -0.1) is 0 Å². The van der Waals surface area contributed by atoms with Crippen LogP contribution >= 0.6 is 0 Å². The average molecular weight is 288 g/mol. The molecule has 106 valence electrons. The second-order valence-corrected chi connectivity index (χ2v) is 5.05. The molecule has 22 heavy (non-hydrogen) atoms. The third kappa shape index (κ3) is 2.13. The summed E-state index contributed by atoms with van der Waals surface area (Å²) in [6.07, 6.45) is 0. The van der Waals surface area contributed by atoms with E-state index in [1.54, 1.807) is 11.6 Å². The van der Waals surface area contributed by atoms with E-state index in [1.165, 1.54) is 4.80 Å². The van der Waals surface area contributed by atoms with E-state index >= 15 is 0 Å². The molecule has 0 aliphatic rings. The summed E-state index contributed by atoms with van der Waals surface area (Å²) in [7, 11) is 1.80. The van der Waals surface area contributed by atoms with Crippen LogP contribution in [0.3, 0.4) is 0 Å². The minimum absolute atomic E-state index is 0.586. The molecule has 0 aliphatic carbocycles. The Balaban J connectivity index is 2.02. The van der Waals surface area contributed by atoms with Crippen molar-refractivity contribution in [2.75, 3.05) is 0 Å². The molecule has 0 radical (unpaired) electrons. The maximum absolute atomic E-state index is 4.62. The van der Waals surface area contributed by atoms with Gasteiger partial charge >= 0.3 is 5.78 Å². The smallest absolute Gasteiger partial charge is 0.0999 e. The van der Waals surface area contributed by atoms with Gasteiger partial charge in [0.2, 0.25) is 0 Å². The number of fused-ring (bicyclic) bond motifs is 1. The first kappa shape index (κ1) is 12.6. The van der Waals surface area contributed by atoms with Gasteiger partial charge in [0, 0.05) is 22.4 Å². The first-order valence-electron chi connectivity index (χ1n) is 7.06. The summed E-state index contributed by atoms with van der Waals surface area (Å²) in [6.45, 7) is 0. The predicted molar refractivity (Wildman–Crippen MR) is 82.8 cm³/mol. The van der Waals surface area contributed by atoms with E-state index in [4.69, 9.17) is 0 Å². The highest BCUT2D eigenvalue weighted by Crippen LogP contribution is 2.22. The lowest BCUT2D eigenvalue weighted by molar-refractivity contribution is -0.575. The van der Waals surface area contributed by atoms with Crippen molar-refractivity contribution in [3.8, 4) is 22.5 Å². The molecule has 2 aromatic heterocycles. The van der Waals surface area contributed by atoms with Crippen LogP contribution in [-0.2, 0) is 7.05 Å². The van der Waals surface area contributed by atoms with Gasteiger partial charge in [-0.25, -0.2) is 0 Å². The van der Waals surface area contributed by atoms with Crippen molar-refractivity contribution in [1.29, 1.82) is 0 Å². The molecule has 2 aromatic carbocycles. The zero-order chi connectivity index (χ0) is 14.9. The number of aromatic nitrogens is 5. The Morgan fingerprint density at radius 1 is 0.864 bits per heavy atom. The Hall–Kier alpha value is -3.08. The van der Waals surface area contributed by atoms with E-state index in [0.717, 1.165) is 22.5 Å². The average Bonchev–Trinajstić information content (AvgIpc) is 2.95. The predicted octanol–water partition coefficient (Wildman–Crippen LogP) is 2.28. The van der Waals surface area contributed by atoms with Crippen LogP contribution in [0.5, 0.6) is 0 Å². The number of hydrogen-bond donors (Lipinski definition) is 0. The Morgan fingerprint density at radius 2 is 1.50 bits per heavy atom. The minimum Gasteiger partial charge on any atom is -0.0999 e. The molecule has 0 amide bonds. The normalized spacial score (nSPS) is 11.0.